The fourth-order valence-corrected chi connectivity index (χ4v) is 1.71. The summed E-state index contributed by atoms with van der Waals surface area (Å²) in [7, 11) is 2.19. The number of aromatic nitrogens is 2. The number of ketones is 1. The van der Waals surface area contributed by atoms with Crippen LogP contribution in [0.1, 0.15) is 37.1 Å². The highest BCUT2D eigenvalue weighted by Gasteiger charge is 2.31. The molecule has 0 aliphatic rings. The average Bonchev–Trinajstić information content (AvgIpc) is 3.06. The zero-order chi connectivity index (χ0) is 16.3. The first kappa shape index (κ1) is 15.2. The van der Waals surface area contributed by atoms with E-state index in [1.54, 1.807) is 0 Å². The van der Waals surface area contributed by atoms with Crippen molar-refractivity contribution in [1.82, 2.24) is 9.97 Å². The van der Waals surface area contributed by atoms with Crippen molar-refractivity contribution in [1.29, 1.82) is 0 Å². The molecular weight excluding hydrogens is 294 g/mol. The lowest BCUT2D eigenvalue weighted by atomic mass is 10.0. The van der Waals surface area contributed by atoms with Gasteiger partial charge >= 0.3 is 11.9 Å². The number of anilines is 1. The molecule has 0 aliphatic carbocycles. The lowest BCUT2D eigenvalue weighted by Gasteiger charge is -2.10. The molecule has 2 N–H and O–H groups in total. The first-order valence-corrected chi connectivity index (χ1v) is 5.92. The smallest absolute Gasteiger partial charge is 0.357 e. The summed E-state index contributed by atoms with van der Waals surface area (Å²) in [5.74, 6) is -3.16. The van der Waals surface area contributed by atoms with Crippen molar-refractivity contribution in [3.8, 4) is 0 Å². The summed E-state index contributed by atoms with van der Waals surface area (Å²) in [5, 5.41) is 0. The largest absolute Gasteiger partial charge is 0.464 e. The van der Waals surface area contributed by atoms with Gasteiger partial charge in [-0.3, -0.25) is 4.79 Å². The molecule has 9 heteroatoms. The van der Waals surface area contributed by atoms with Crippen LogP contribution in [0.4, 0.5) is 5.95 Å². The Morgan fingerprint density at radius 2 is 1.64 bits per heavy atom. The summed E-state index contributed by atoms with van der Waals surface area (Å²) in [6.45, 7) is 0. The standard InChI is InChI=1S/C13H11N3O6/c1-20-11(18)8-7(10(17)6-4-3-5-22-6)9(12(19)21-2)16-13(14)15-8/h3-5H,1-2H3,(H2,14,15,16). The van der Waals surface area contributed by atoms with Crippen molar-refractivity contribution in [2.24, 2.45) is 0 Å². The van der Waals surface area contributed by atoms with Gasteiger partial charge in [-0.25, -0.2) is 19.6 Å². The molecule has 0 bridgehead atoms. The predicted octanol–water partition coefficient (Wildman–Crippen LogP) is 0.456. The number of nitrogens with two attached hydrogens (primary N) is 1. The number of carbonyl (C=O) groups excluding carboxylic acids is 3. The molecule has 0 spiro atoms. The topological polar surface area (TPSA) is 135 Å². The van der Waals surface area contributed by atoms with Crippen LogP contribution < -0.4 is 5.73 Å². The van der Waals surface area contributed by atoms with Gasteiger partial charge in [0.2, 0.25) is 11.7 Å². The maximum absolute atomic E-state index is 12.5. The van der Waals surface area contributed by atoms with Gasteiger partial charge in [-0.05, 0) is 12.1 Å². The zero-order valence-corrected chi connectivity index (χ0v) is 11.7. The molecule has 114 valence electrons. The molecule has 22 heavy (non-hydrogen) atoms. The number of carbonyl (C=O) groups is 3. The maximum Gasteiger partial charge on any atom is 0.357 e. The monoisotopic (exact) mass is 305 g/mol. The van der Waals surface area contributed by atoms with Gasteiger partial charge in [-0.15, -0.1) is 0 Å². The highest BCUT2D eigenvalue weighted by Crippen LogP contribution is 2.20. The Hall–Kier alpha value is -3.23. The van der Waals surface area contributed by atoms with Crippen molar-refractivity contribution in [3.63, 3.8) is 0 Å². The van der Waals surface area contributed by atoms with E-state index >= 15 is 0 Å². The van der Waals surface area contributed by atoms with Crippen LogP contribution in [-0.2, 0) is 9.47 Å². The summed E-state index contributed by atoms with van der Waals surface area (Å²) in [4.78, 5) is 43.5. The Balaban J connectivity index is 2.74. The molecule has 0 aromatic carbocycles. The first-order valence-electron chi connectivity index (χ1n) is 5.92. The minimum absolute atomic E-state index is 0.108. The van der Waals surface area contributed by atoms with Crippen molar-refractivity contribution >= 4 is 23.7 Å². The average molecular weight is 305 g/mol. The first-order chi connectivity index (χ1) is 10.5. The molecule has 0 fully saturated rings. The summed E-state index contributed by atoms with van der Waals surface area (Å²) >= 11 is 0. The number of nitrogens with zero attached hydrogens (tertiary/aromatic N) is 2. The van der Waals surface area contributed by atoms with Crippen LogP contribution in [-0.4, -0.2) is 41.9 Å². The third-order valence-electron chi connectivity index (χ3n) is 2.66. The number of esters is 2. The van der Waals surface area contributed by atoms with E-state index in [4.69, 9.17) is 10.2 Å². The molecule has 2 heterocycles. The second-order valence-electron chi connectivity index (χ2n) is 3.94. The van der Waals surface area contributed by atoms with E-state index in [1.165, 1.54) is 18.4 Å². The fourth-order valence-electron chi connectivity index (χ4n) is 1.71. The fraction of sp³-hybridized carbons (Fsp3) is 0.154. The van der Waals surface area contributed by atoms with Crippen LogP contribution in [0.5, 0.6) is 0 Å². The molecule has 2 rings (SSSR count). The third-order valence-corrected chi connectivity index (χ3v) is 2.66. The van der Waals surface area contributed by atoms with Gasteiger partial charge in [0.15, 0.2) is 17.1 Å². The van der Waals surface area contributed by atoms with Crippen molar-refractivity contribution in [2.45, 2.75) is 0 Å². The molecule has 2 aromatic rings. The van der Waals surface area contributed by atoms with Crippen LogP contribution in [0.2, 0.25) is 0 Å². The van der Waals surface area contributed by atoms with Crippen LogP contribution >= 0.6 is 0 Å². The number of rotatable bonds is 4. The van der Waals surface area contributed by atoms with Crippen molar-refractivity contribution < 1.29 is 28.3 Å². The number of hydrogen-bond acceptors (Lipinski definition) is 9. The summed E-state index contributed by atoms with van der Waals surface area (Å²) in [6, 6.07) is 2.84. The lowest BCUT2D eigenvalue weighted by Crippen LogP contribution is -2.22. The molecule has 0 radical (unpaired) electrons. The van der Waals surface area contributed by atoms with Crippen LogP contribution in [0.3, 0.4) is 0 Å². The van der Waals surface area contributed by atoms with Gasteiger partial charge in [0.1, 0.15) is 0 Å². The molecule has 0 atom stereocenters. The zero-order valence-electron chi connectivity index (χ0n) is 11.7. The Kier molecular flexibility index (Phi) is 4.16. The summed E-state index contributed by atoms with van der Waals surface area (Å²) < 4.78 is 14.1. The van der Waals surface area contributed by atoms with Crippen molar-refractivity contribution in [2.75, 3.05) is 20.0 Å². The molecule has 9 nitrogen and oxygen atoms in total. The third kappa shape index (κ3) is 2.64. The summed E-state index contributed by atoms with van der Waals surface area (Å²) in [6.07, 6.45) is 1.26. The van der Waals surface area contributed by atoms with Gasteiger partial charge in [0.05, 0.1) is 26.0 Å². The Bertz CT molecular complexity index is 701. The van der Waals surface area contributed by atoms with Crippen LogP contribution in [0.15, 0.2) is 22.8 Å². The lowest BCUT2D eigenvalue weighted by molar-refractivity contribution is 0.0583. The van der Waals surface area contributed by atoms with Crippen molar-refractivity contribution in [3.05, 3.63) is 41.1 Å². The highest BCUT2D eigenvalue weighted by molar-refractivity contribution is 6.17. The SMILES string of the molecule is COC(=O)c1nc(N)nc(C(=O)OC)c1C(=O)c1ccco1. The second kappa shape index (κ2) is 6.04. The van der Waals surface area contributed by atoms with Crippen LogP contribution in [0, 0.1) is 0 Å². The predicted molar refractivity (Wildman–Crippen MR) is 71.3 cm³/mol. The van der Waals surface area contributed by atoms with E-state index in [0.717, 1.165) is 14.2 Å². The Morgan fingerprint density at radius 3 is 2.05 bits per heavy atom. The second-order valence-corrected chi connectivity index (χ2v) is 3.94. The van der Waals surface area contributed by atoms with E-state index in [-0.39, 0.29) is 11.7 Å². The molecule has 0 saturated carbocycles. The van der Waals surface area contributed by atoms with E-state index in [2.05, 4.69) is 19.4 Å². The van der Waals surface area contributed by atoms with E-state index in [0.29, 0.717) is 0 Å². The Morgan fingerprint density at radius 1 is 1.09 bits per heavy atom. The van der Waals surface area contributed by atoms with Gasteiger partial charge in [0, 0.05) is 0 Å². The Labute approximate surface area is 124 Å². The number of ether oxygens (including phenoxy) is 2. The number of hydrogen-bond donors (Lipinski definition) is 1. The van der Waals surface area contributed by atoms with Gasteiger partial charge in [0.25, 0.3) is 0 Å². The van der Waals surface area contributed by atoms with Gasteiger partial charge < -0.3 is 19.6 Å². The normalized spacial score (nSPS) is 10.1. The minimum atomic E-state index is -0.950. The van der Waals surface area contributed by atoms with Gasteiger partial charge in [-0.2, -0.15) is 0 Å². The van der Waals surface area contributed by atoms with E-state index in [9.17, 15) is 14.4 Å². The molecule has 2 aromatic heterocycles. The number of furan rings is 1. The number of nitrogen functional groups attached to an aromatic ring is 1. The van der Waals surface area contributed by atoms with Crippen LogP contribution in [0.25, 0.3) is 0 Å². The molecule has 0 saturated heterocycles. The minimum Gasteiger partial charge on any atom is -0.464 e. The highest BCUT2D eigenvalue weighted by atomic mass is 16.5. The molecular formula is C13H11N3O6. The van der Waals surface area contributed by atoms with E-state index in [1.807, 2.05) is 0 Å². The number of methoxy groups -OCH3 is 2. The summed E-state index contributed by atoms with van der Waals surface area (Å²) in [5.41, 5.74) is 4.16. The molecule has 0 amide bonds. The van der Waals surface area contributed by atoms with Gasteiger partial charge in [-0.1, -0.05) is 0 Å². The maximum atomic E-state index is 12.5. The quantitative estimate of drug-likeness (QED) is 0.631. The molecule has 0 aliphatic heterocycles. The molecule has 0 unspecified atom stereocenters. The van der Waals surface area contributed by atoms with E-state index < -0.39 is 34.7 Å².